The zero-order valence-electron chi connectivity index (χ0n) is 13.8. The number of nitrogens with zero attached hydrogens (tertiary/aromatic N) is 3. The zero-order valence-corrected chi connectivity index (χ0v) is 13.8. The third-order valence-electron chi connectivity index (χ3n) is 3.65. The van der Waals surface area contributed by atoms with Gasteiger partial charge in [-0.15, -0.1) is 0 Å². The number of amides is 1. The molecule has 0 aliphatic rings. The van der Waals surface area contributed by atoms with Gasteiger partial charge in [-0.25, -0.2) is 5.43 Å². The Morgan fingerprint density at radius 2 is 1.88 bits per heavy atom. The van der Waals surface area contributed by atoms with Crippen LogP contribution in [0.1, 0.15) is 21.6 Å². The molecule has 0 atom stereocenters. The van der Waals surface area contributed by atoms with Crippen molar-refractivity contribution in [3.63, 3.8) is 0 Å². The lowest BCUT2D eigenvalue weighted by Crippen LogP contribution is -2.17. The molecule has 8 nitrogen and oxygen atoms in total. The molecule has 0 bridgehead atoms. The number of carbonyl (C=O) groups is 1. The molecule has 2 N–H and O–H groups in total. The van der Waals surface area contributed by atoms with E-state index in [1.54, 1.807) is 18.2 Å². The first kappa shape index (κ1) is 17.0. The van der Waals surface area contributed by atoms with Gasteiger partial charge in [0.25, 0.3) is 11.6 Å². The van der Waals surface area contributed by atoms with E-state index in [9.17, 15) is 14.9 Å². The number of hydrogen-bond donors (Lipinski definition) is 2. The van der Waals surface area contributed by atoms with Crippen LogP contribution in [0.5, 0.6) is 0 Å². The summed E-state index contributed by atoms with van der Waals surface area (Å²) in [6.07, 6.45) is 1.40. The SMILES string of the molecule is Cc1ccc(-c2cc(C(=O)NN=Cc3ccc([N+](=O)[O-])cc3)[nH]n2)cc1. The lowest BCUT2D eigenvalue weighted by Gasteiger charge is -1.97. The van der Waals surface area contributed by atoms with Crippen molar-refractivity contribution < 1.29 is 9.72 Å². The highest BCUT2D eigenvalue weighted by Crippen LogP contribution is 2.18. The highest BCUT2D eigenvalue weighted by atomic mass is 16.6. The van der Waals surface area contributed by atoms with E-state index in [1.165, 1.54) is 18.3 Å². The van der Waals surface area contributed by atoms with Crippen molar-refractivity contribution in [1.82, 2.24) is 15.6 Å². The summed E-state index contributed by atoms with van der Waals surface area (Å²) in [5.41, 5.74) is 5.99. The average molecular weight is 349 g/mol. The van der Waals surface area contributed by atoms with E-state index in [2.05, 4.69) is 20.7 Å². The summed E-state index contributed by atoms with van der Waals surface area (Å²) >= 11 is 0. The highest BCUT2D eigenvalue weighted by Gasteiger charge is 2.10. The Morgan fingerprint density at radius 3 is 2.54 bits per heavy atom. The third kappa shape index (κ3) is 3.99. The van der Waals surface area contributed by atoms with Gasteiger partial charge >= 0.3 is 0 Å². The Bertz CT molecular complexity index is 959. The molecule has 0 saturated heterocycles. The largest absolute Gasteiger partial charge is 0.289 e. The van der Waals surface area contributed by atoms with Gasteiger partial charge in [0.15, 0.2) is 0 Å². The van der Waals surface area contributed by atoms with Crippen LogP contribution in [0.4, 0.5) is 5.69 Å². The second-order valence-electron chi connectivity index (χ2n) is 5.58. The molecule has 0 radical (unpaired) electrons. The minimum absolute atomic E-state index is 0.00715. The maximum atomic E-state index is 12.1. The maximum absolute atomic E-state index is 12.1. The zero-order chi connectivity index (χ0) is 18.5. The van der Waals surface area contributed by atoms with Crippen molar-refractivity contribution in [3.8, 4) is 11.3 Å². The fraction of sp³-hybridized carbons (Fsp3) is 0.0556. The van der Waals surface area contributed by atoms with Gasteiger partial charge in [-0.3, -0.25) is 20.0 Å². The van der Waals surface area contributed by atoms with E-state index in [4.69, 9.17) is 0 Å². The molecule has 2 aromatic carbocycles. The van der Waals surface area contributed by atoms with Crippen LogP contribution in [0, 0.1) is 17.0 Å². The van der Waals surface area contributed by atoms with Crippen molar-refractivity contribution in [2.45, 2.75) is 6.92 Å². The molecule has 3 rings (SSSR count). The maximum Gasteiger partial charge on any atom is 0.289 e. The van der Waals surface area contributed by atoms with Gasteiger partial charge in [0, 0.05) is 17.7 Å². The number of hydrogen-bond acceptors (Lipinski definition) is 5. The smallest absolute Gasteiger partial charge is 0.272 e. The van der Waals surface area contributed by atoms with Crippen molar-refractivity contribution in [3.05, 3.63) is 81.5 Å². The van der Waals surface area contributed by atoms with Crippen LogP contribution in [-0.4, -0.2) is 27.2 Å². The van der Waals surface area contributed by atoms with Crippen LogP contribution in [0.25, 0.3) is 11.3 Å². The molecular formula is C18H15N5O3. The number of nitro benzene ring substituents is 1. The van der Waals surface area contributed by atoms with Crippen molar-refractivity contribution in [2.24, 2.45) is 5.10 Å². The Kier molecular flexibility index (Phi) is 4.84. The van der Waals surface area contributed by atoms with Gasteiger partial charge in [0.1, 0.15) is 5.69 Å². The predicted molar refractivity (Wildman–Crippen MR) is 96.9 cm³/mol. The molecular weight excluding hydrogens is 334 g/mol. The van der Waals surface area contributed by atoms with E-state index >= 15 is 0 Å². The molecule has 0 unspecified atom stereocenters. The topological polar surface area (TPSA) is 113 Å². The van der Waals surface area contributed by atoms with Crippen molar-refractivity contribution >= 4 is 17.8 Å². The van der Waals surface area contributed by atoms with Gasteiger partial charge in [-0.1, -0.05) is 29.8 Å². The van der Waals surface area contributed by atoms with Crippen molar-refractivity contribution in [2.75, 3.05) is 0 Å². The Morgan fingerprint density at radius 1 is 1.19 bits per heavy atom. The van der Waals surface area contributed by atoms with Crippen LogP contribution in [-0.2, 0) is 0 Å². The van der Waals surface area contributed by atoms with Crippen molar-refractivity contribution in [1.29, 1.82) is 0 Å². The molecule has 0 spiro atoms. The molecule has 0 aliphatic heterocycles. The fourth-order valence-corrected chi connectivity index (χ4v) is 2.22. The Balaban J connectivity index is 1.63. The molecule has 130 valence electrons. The van der Waals surface area contributed by atoms with Crippen LogP contribution in [0.3, 0.4) is 0 Å². The summed E-state index contributed by atoms with van der Waals surface area (Å²) in [5.74, 6) is -0.436. The van der Waals surface area contributed by atoms with E-state index in [0.29, 0.717) is 11.3 Å². The molecule has 26 heavy (non-hydrogen) atoms. The van der Waals surface area contributed by atoms with Crippen LogP contribution in [0.2, 0.25) is 0 Å². The fourth-order valence-electron chi connectivity index (χ4n) is 2.22. The number of benzene rings is 2. The number of aryl methyl sites for hydroxylation is 1. The number of rotatable bonds is 5. The number of aromatic amines is 1. The molecule has 1 heterocycles. The molecule has 1 amide bonds. The third-order valence-corrected chi connectivity index (χ3v) is 3.65. The first-order chi connectivity index (χ1) is 12.5. The molecule has 3 aromatic rings. The number of aromatic nitrogens is 2. The molecule has 1 aromatic heterocycles. The van der Waals surface area contributed by atoms with Gasteiger partial charge in [0.2, 0.25) is 0 Å². The lowest BCUT2D eigenvalue weighted by atomic mass is 10.1. The number of hydrazone groups is 1. The Hall–Kier alpha value is -3.81. The summed E-state index contributed by atoms with van der Waals surface area (Å²) in [5, 5.41) is 21.2. The number of nitrogens with one attached hydrogen (secondary N) is 2. The quantitative estimate of drug-likeness (QED) is 0.418. The molecule has 0 aliphatic carbocycles. The molecule has 8 heteroatoms. The van der Waals surface area contributed by atoms with Crippen LogP contribution < -0.4 is 5.43 Å². The second-order valence-corrected chi connectivity index (χ2v) is 5.58. The minimum atomic E-state index is -0.480. The van der Waals surface area contributed by atoms with E-state index in [1.807, 2.05) is 31.2 Å². The monoisotopic (exact) mass is 349 g/mol. The van der Waals surface area contributed by atoms with Gasteiger partial charge in [0.05, 0.1) is 16.8 Å². The highest BCUT2D eigenvalue weighted by molar-refractivity contribution is 5.94. The number of non-ortho nitro benzene ring substituents is 1. The molecule has 0 fully saturated rings. The average Bonchev–Trinajstić information content (AvgIpc) is 3.13. The first-order valence-electron chi connectivity index (χ1n) is 7.73. The van der Waals surface area contributed by atoms with E-state index < -0.39 is 10.8 Å². The molecule has 0 saturated carbocycles. The number of nitro groups is 1. The van der Waals surface area contributed by atoms with E-state index in [-0.39, 0.29) is 11.4 Å². The van der Waals surface area contributed by atoms with Crippen LogP contribution in [0.15, 0.2) is 59.7 Å². The summed E-state index contributed by atoms with van der Waals surface area (Å²) in [7, 11) is 0. The number of carbonyl (C=O) groups excluding carboxylic acids is 1. The summed E-state index contributed by atoms with van der Waals surface area (Å²) in [6, 6.07) is 15.3. The van der Waals surface area contributed by atoms with E-state index in [0.717, 1.165) is 11.1 Å². The first-order valence-corrected chi connectivity index (χ1v) is 7.73. The summed E-state index contributed by atoms with van der Waals surface area (Å²) in [4.78, 5) is 22.2. The standard InChI is InChI=1S/C18H15N5O3/c1-12-2-6-14(7-3-12)16-10-17(21-20-16)18(24)22-19-11-13-4-8-15(9-5-13)23(25)26/h2-11H,1H3,(H,20,21)(H,22,24). The minimum Gasteiger partial charge on any atom is -0.272 e. The predicted octanol–water partition coefficient (Wildman–Crippen LogP) is 3.06. The summed E-state index contributed by atoms with van der Waals surface area (Å²) < 4.78 is 0. The lowest BCUT2D eigenvalue weighted by molar-refractivity contribution is -0.384. The second kappa shape index (κ2) is 7.39. The summed E-state index contributed by atoms with van der Waals surface area (Å²) in [6.45, 7) is 2.00. The van der Waals surface area contributed by atoms with Gasteiger partial charge in [-0.05, 0) is 30.7 Å². The van der Waals surface area contributed by atoms with Gasteiger partial charge < -0.3 is 0 Å². The normalized spacial score (nSPS) is 10.8. The van der Waals surface area contributed by atoms with Crippen LogP contribution >= 0.6 is 0 Å². The number of H-pyrrole nitrogens is 1. The van der Waals surface area contributed by atoms with Gasteiger partial charge in [-0.2, -0.15) is 10.2 Å². The Labute approximate surface area is 148 Å².